The minimum atomic E-state index is -0.360. The molecule has 1 atom stereocenters. The molecule has 0 bridgehead atoms. The van der Waals surface area contributed by atoms with E-state index in [0.717, 1.165) is 30.8 Å². The van der Waals surface area contributed by atoms with E-state index in [-0.39, 0.29) is 11.9 Å². The van der Waals surface area contributed by atoms with Gasteiger partial charge >= 0.3 is 0 Å². The third-order valence-electron chi connectivity index (χ3n) is 3.31. The lowest BCUT2D eigenvalue weighted by molar-refractivity contribution is 0.612. The van der Waals surface area contributed by atoms with E-state index in [9.17, 15) is 4.39 Å². The lowest BCUT2D eigenvalue weighted by Crippen LogP contribution is -2.16. The maximum Gasteiger partial charge on any atom is 0.125 e. The molecule has 0 radical (unpaired) electrons. The molecule has 2 heterocycles. The van der Waals surface area contributed by atoms with Crippen LogP contribution >= 0.6 is 27.5 Å². The molecule has 2 aromatic rings. The van der Waals surface area contributed by atoms with Crippen molar-refractivity contribution in [2.75, 3.05) is 6.54 Å². The summed E-state index contributed by atoms with van der Waals surface area (Å²) in [6.07, 6.45) is 5.75. The van der Waals surface area contributed by atoms with Gasteiger partial charge in [0.25, 0.3) is 0 Å². The molecular weight excluding hydrogens is 333 g/mol. The van der Waals surface area contributed by atoms with E-state index in [1.54, 1.807) is 6.33 Å². The van der Waals surface area contributed by atoms with E-state index in [1.807, 2.05) is 10.8 Å². The first-order chi connectivity index (χ1) is 9.16. The molecule has 1 saturated heterocycles. The molecule has 1 aromatic heterocycles. The highest BCUT2D eigenvalue weighted by molar-refractivity contribution is 9.10. The number of imidazole rings is 1. The zero-order valence-corrected chi connectivity index (χ0v) is 12.4. The Morgan fingerprint density at radius 3 is 3.00 bits per heavy atom. The highest BCUT2D eigenvalue weighted by Gasteiger charge is 2.22. The lowest BCUT2D eigenvalue weighted by atomic mass is 10.1. The van der Waals surface area contributed by atoms with Crippen LogP contribution in [0.5, 0.6) is 0 Å². The summed E-state index contributed by atoms with van der Waals surface area (Å²) in [7, 11) is 0. The van der Waals surface area contributed by atoms with Gasteiger partial charge in [-0.15, -0.1) is 0 Å². The number of aromatic nitrogens is 2. The second kappa shape index (κ2) is 5.23. The molecule has 100 valence electrons. The number of hydrogen-bond acceptors (Lipinski definition) is 2. The van der Waals surface area contributed by atoms with E-state index >= 15 is 0 Å². The van der Waals surface area contributed by atoms with Crippen molar-refractivity contribution in [2.45, 2.75) is 18.9 Å². The van der Waals surface area contributed by atoms with Gasteiger partial charge in [-0.3, -0.25) is 4.57 Å². The molecule has 0 aliphatic carbocycles. The van der Waals surface area contributed by atoms with Crippen LogP contribution in [0.1, 0.15) is 24.6 Å². The van der Waals surface area contributed by atoms with Gasteiger partial charge in [-0.1, -0.05) is 11.6 Å². The van der Waals surface area contributed by atoms with Crippen LogP contribution in [-0.2, 0) is 0 Å². The minimum Gasteiger partial charge on any atom is -0.309 e. The average Bonchev–Trinajstić information content (AvgIpc) is 2.96. The highest BCUT2D eigenvalue weighted by atomic mass is 79.9. The summed E-state index contributed by atoms with van der Waals surface area (Å²) in [5, 5.41) is 3.79. The first-order valence-electron chi connectivity index (χ1n) is 6.07. The number of nitrogens with one attached hydrogen (secondary N) is 1. The Balaban J connectivity index is 2.10. The molecular formula is C13H12BrClFN3. The normalized spacial score (nSPS) is 19.0. The molecule has 1 aromatic carbocycles. The summed E-state index contributed by atoms with van der Waals surface area (Å²) < 4.78 is 15.8. The monoisotopic (exact) mass is 343 g/mol. The second-order valence-corrected chi connectivity index (χ2v) is 5.82. The Labute approximate surface area is 123 Å². The highest BCUT2D eigenvalue weighted by Crippen LogP contribution is 2.33. The predicted molar refractivity (Wildman–Crippen MR) is 76.2 cm³/mol. The van der Waals surface area contributed by atoms with Crippen molar-refractivity contribution in [1.82, 2.24) is 14.9 Å². The van der Waals surface area contributed by atoms with Gasteiger partial charge in [0.2, 0.25) is 0 Å². The van der Waals surface area contributed by atoms with Crippen LogP contribution in [0.25, 0.3) is 5.69 Å². The Morgan fingerprint density at radius 2 is 2.32 bits per heavy atom. The number of halogens is 3. The molecule has 0 saturated carbocycles. The Bertz CT molecular complexity index is 585. The van der Waals surface area contributed by atoms with Crippen LogP contribution in [-0.4, -0.2) is 16.1 Å². The first kappa shape index (κ1) is 13.1. The van der Waals surface area contributed by atoms with Crippen LogP contribution in [0.2, 0.25) is 5.02 Å². The summed E-state index contributed by atoms with van der Waals surface area (Å²) in [6, 6.07) is 3.00. The molecule has 0 spiro atoms. The zero-order chi connectivity index (χ0) is 13.4. The van der Waals surface area contributed by atoms with Crippen LogP contribution in [0, 0.1) is 5.82 Å². The third-order valence-corrected chi connectivity index (χ3v) is 4.20. The van der Waals surface area contributed by atoms with Crippen molar-refractivity contribution < 1.29 is 4.39 Å². The quantitative estimate of drug-likeness (QED) is 0.897. The molecule has 1 fully saturated rings. The fraction of sp³-hybridized carbons (Fsp3) is 0.308. The Morgan fingerprint density at radius 1 is 1.47 bits per heavy atom. The summed E-state index contributed by atoms with van der Waals surface area (Å²) in [4.78, 5) is 4.20. The van der Waals surface area contributed by atoms with Gasteiger partial charge in [0.05, 0.1) is 28.9 Å². The zero-order valence-electron chi connectivity index (χ0n) is 10.0. The molecule has 1 aliphatic heterocycles. The number of nitrogens with zero attached hydrogens (tertiary/aromatic N) is 2. The lowest BCUT2D eigenvalue weighted by Gasteiger charge is -2.16. The summed E-state index contributed by atoms with van der Waals surface area (Å²) in [6.45, 7) is 1.01. The second-order valence-electron chi connectivity index (χ2n) is 4.56. The van der Waals surface area contributed by atoms with Gasteiger partial charge in [0.15, 0.2) is 0 Å². The molecule has 6 heteroatoms. The molecule has 1 N–H and O–H groups in total. The van der Waals surface area contributed by atoms with Crippen molar-refractivity contribution in [1.29, 1.82) is 0 Å². The van der Waals surface area contributed by atoms with Crippen LogP contribution in [0.3, 0.4) is 0 Å². The smallest absolute Gasteiger partial charge is 0.125 e. The van der Waals surface area contributed by atoms with Gasteiger partial charge < -0.3 is 5.32 Å². The van der Waals surface area contributed by atoms with E-state index in [2.05, 4.69) is 26.2 Å². The SMILES string of the molecule is Fc1cc(Cl)c(-n2cncc2[C@@H]2CCCN2)c(Br)c1. The van der Waals surface area contributed by atoms with Crippen LogP contribution in [0.15, 0.2) is 29.1 Å². The van der Waals surface area contributed by atoms with Gasteiger partial charge in [0, 0.05) is 10.5 Å². The molecule has 1 aliphatic rings. The number of hydrogen-bond donors (Lipinski definition) is 1. The maximum absolute atomic E-state index is 13.3. The molecule has 3 nitrogen and oxygen atoms in total. The largest absolute Gasteiger partial charge is 0.309 e. The van der Waals surface area contributed by atoms with E-state index in [4.69, 9.17) is 11.6 Å². The number of benzene rings is 1. The van der Waals surface area contributed by atoms with Crippen molar-refractivity contribution in [3.8, 4) is 5.69 Å². The topological polar surface area (TPSA) is 29.9 Å². The van der Waals surface area contributed by atoms with Gasteiger partial charge in [0.1, 0.15) is 5.82 Å². The summed E-state index contributed by atoms with van der Waals surface area (Å²) in [5.74, 6) is -0.360. The molecule has 0 unspecified atom stereocenters. The standard InChI is InChI=1S/C13H12BrClFN3/c14-9-4-8(16)5-10(15)13(9)19-7-17-6-12(19)11-2-1-3-18-11/h4-7,11,18H,1-3H2/t11-/m0/s1. The maximum atomic E-state index is 13.3. The van der Waals surface area contributed by atoms with E-state index in [1.165, 1.54) is 12.1 Å². The molecule has 0 amide bonds. The van der Waals surface area contributed by atoms with Gasteiger partial charge in [-0.05, 0) is 47.4 Å². The first-order valence-corrected chi connectivity index (χ1v) is 7.24. The van der Waals surface area contributed by atoms with Crippen LogP contribution < -0.4 is 5.32 Å². The van der Waals surface area contributed by atoms with Crippen molar-refractivity contribution >= 4 is 27.5 Å². The number of rotatable bonds is 2. The van der Waals surface area contributed by atoms with Gasteiger partial charge in [-0.2, -0.15) is 0 Å². The summed E-state index contributed by atoms with van der Waals surface area (Å²) in [5.41, 5.74) is 1.77. The van der Waals surface area contributed by atoms with E-state index in [0.29, 0.717) is 9.50 Å². The van der Waals surface area contributed by atoms with Crippen molar-refractivity contribution in [3.05, 3.63) is 45.7 Å². The average molecular weight is 345 g/mol. The van der Waals surface area contributed by atoms with Gasteiger partial charge in [-0.25, -0.2) is 9.37 Å². The Kier molecular flexibility index (Phi) is 3.60. The minimum absolute atomic E-state index is 0.274. The summed E-state index contributed by atoms with van der Waals surface area (Å²) >= 11 is 9.53. The third kappa shape index (κ3) is 2.42. The van der Waals surface area contributed by atoms with Crippen molar-refractivity contribution in [2.24, 2.45) is 0 Å². The molecule has 3 rings (SSSR count). The predicted octanol–water partition coefficient (Wildman–Crippen LogP) is 3.85. The van der Waals surface area contributed by atoms with E-state index < -0.39 is 0 Å². The molecule has 19 heavy (non-hydrogen) atoms. The van der Waals surface area contributed by atoms with Crippen LogP contribution in [0.4, 0.5) is 4.39 Å². The Hall–Kier alpha value is -0.910. The fourth-order valence-corrected chi connectivity index (χ4v) is 3.49. The van der Waals surface area contributed by atoms with Crippen molar-refractivity contribution in [3.63, 3.8) is 0 Å². The fourth-order valence-electron chi connectivity index (χ4n) is 2.45.